The molecule has 0 aromatic carbocycles. The van der Waals surface area contributed by atoms with Crippen LogP contribution in [0.15, 0.2) is 20.0 Å². The van der Waals surface area contributed by atoms with Gasteiger partial charge in [0.1, 0.15) is 11.5 Å². The van der Waals surface area contributed by atoms with Crippen molar-refractivity contribution in [3.05, 3.63) is 0 Å². The van der Waals surface area contributed by atoms with Crippen LogP contribution in [0.25, 0.3) is 0 Å². The number of fused-ring (bicyclic) bond motifs is 1. The van der Waals surface area contributed by atoms with Gasteiger partial charge < -0.3 is 0 Å². The predicted molar refractivity (Wildman–Crippen MR) is 54.3 cm³/mol. The van der Waals surface area contributed by atoms with E-state index in [2.05, 4.69) is 25.3 Å². The van der Waals surface area contributed by atoms with Gasteiger partial charge in [0.15, 0.2) is 11.9 Å². The van der Waals surface area contributed by atoms with Crippen LogP contribution in [-0.4, -0.2) is 35.3 Å². The Kier molecular flexibility index (Phi) is 2.12. The molecule has 0 aromatic rings. The minimum absolute atomic E-state index is 0.156. The molecule has 1 unspecified atom stereocenters. The first kappa shape index (κ1) is 9.01. The SMILES string of the molecule is CC(=O)NC1=NC2=NC=NC2C(Cl)=N1. The highest BCUT2D eigenvalue weighted by Gasteiger charge is 2.27. The van der Waals surface area contributed by atoms with Crippen molar-refractivity contribution in [1.29, 1.82) is 0 Å². The second-order valence-corrected chi connectivity index (χ2v) is 3.09. The largest absolute Gasteiger partial charge is 0.295 e. The van der Waals surface area contributed by atoms with E-state index >= 15 is 0 Å². The zero-order valence-corrected chi connectivity index (χ0v) is 7.99. The summed E-state index contributed by atoms with van der Waals surface area (Å²) in [5, 5.41) is 2.69. The fraction of sp³-hybridized carbons (Fsp3) is 0.286. The quantitative estimate of drug-likeness (QED) is 0.599. The fourth-order valence-electron chi connectivity index (χ4n) is 1.06. The van der Waals surface area contributed by atoms with Gasteiger partial charge >= 0.3 is 0 Å². The van der Waals surface area contributed by atoms with Gasteiger partial charge in [0, 0.05) is 6.92 Å². The molecule has 2 heterocycles. The Hall–Kier alpha value is -1.56. The smallest absolute Gasteiger partial charge is 0.232 e. The topological polar surface area (TPSA) is 78.5 Å². The number of nitrogens with zero attached hydrogens (tertiary/aromatic N) is 4. The van der Waals surface area contributed by atoms with E-state index in [-0.39, 0.29) is 17.0 Å². The third kappa shape index (κ3) is 1.56. The van der Waals surface area contributed by atoms with Crippen molar-refractivity contribution in [2.24, 2.45) is 20.0 Å². The van der Waals surface area contributed by atoms with Crippen molar-refractivity contribution < 1.29 is 4.79 Å². The average Bonchev–Trinajstić information content (AvgIpc) is 2.50. The van der Waals surface area contributed by atoms with Gasteiger partial charge in [-0.25, -0.2) is 9.98 Å². The van der Waals surface area contributed by atoms with Crippen LogP contribution < -0.4 is 5.32 Å². The average molecular weight is 212 g/mol. The summed E-state index contributed by atoms with van der Waals surface area (Å²) in [4.78, 5) is 26.4. The summed E-state index contributed by atoms with van der Waals surface area (Å²) in [7, 11) is 0. The minimum atomic E-state index is -0.394. The molecule has 0 saturated carbocycles. The van der Waals surface area contributed by atoms with Crippen LogP contribution in [0.3, 0.4) is 0 Å². The predicted octanol–water partition coefficient (Wildman–Crippen LogP) is -0.0616. The molecule has 2 rings (SSSR count). The first-order valence-electron chi connectivity index (χ1n) is 3.86. The number of amidine groups is 1. The summed E-state index contributed by atoms with van der Waals surface area (Å²) in [6, 6.07) is -0.394. The molecule has 1 amide bonds. The molecule has 1 atom stereocenters. The molecule has 72 valence electrons. The molecule has 1 N–H and O–H groups in total. The first-order chi connectivity index (χ1) is 6.66. The van der Waals surface area contributed by atoms with Gasteiger partial charge in [0.2, 0.25) is 11.9 Å². The first-order valence-corrected chi connectivity index (χ1v) is 4.24. The van der Waals surface area contributed by atoms with E-state index in [4.69, 9.17) is 11.6 Å². The van der Waals surface area contributed by atoms with Crippen molar-refractivity contribution in [1.82, 2.24) is 5.32 Å². The lowest BCUT2D eigenvalue weighted by molar-refractivity contribution is -0.117. The maximum absolute atomic E-state index is 10.7. The third-order valence-corrected chi connectivity index (χ3v) is 1.89. The van der Waals surface area contributed by atoms with Gasteiger partial charge in [0.05, 0.1) is 0 Å². The lowest BCUT2D eigenvalue weighted by Crippen LogP contribution is -2.35. The number of hydrogen-bond donors (Lipinski definition) is 1. The molecule has 0 aromatic heterocycles. The number of carbonyl (C=O) groups is 1. The molecule has 2 aliphatic rings. The lowest BCUT2D eigenvalue weighted by atomic mass is 10.3. The number of carbonyl (C=O) groups excluding carboxylic acids is 1. The highest BCUT2D eigenvalue weighted by atomic mass is 35.5. The highest BCUT2D eigenvalue weighted by Crippen LogP contribution is 2.12. The Balaban J connectivity index is 2.26. The molecule has 0 radical (unpaired) electrons. The Morgan fingerprint density at radius 3 is 3.07 bits per heavy atom. The number of guanidine groups is 1. The molecule has 6 nitrogen and oxygen atoms in total. The molecule has 0 aliphatic carbocycles. The number of amides is 1. The Labute approximate surface area is 84.5 Å². The van der Waals surface area contributed by atoms with Gasteiger partial charge in [-0.1, -0.05) is 11.6 Å². The van der Waals surface area contributed by atoms with Crippen LogP contribution in [0.2, 0.25) is 0 Å². The molecule has 7 heteroatoms. The fourth-order valence-corrected chi connectivity index (χ4v) is 1.30. The van der Waals surface area contributed by atoms with E-state index in [1.807, 2.05) is 0 Å². The van der Waals surface area contributed by atoms with Crippen LogP contribution in [0, 0.1) is 0 Å². The van der Waals surface area contributed by atoms with E-state index in [1.54, 1.807) is 0 Å². The van der Waals surface area contributed by atoms with Crippen LogP contribution in [0.5, 0.6) is 0 Å². The van der Waals surface area contributed by atoms with E-state index in [9.17, 15) is 4.79 Å². The molecular weight excluding hydrogens is 206 g/mol. The molecule has 0 bridgehead atoms. The minimum Gasteiger partial charge on any atom is -0.295 e. The van der Waals surface area contributed by atoms with Crippen LogP contribution in [0.1, 0.15) is 6.92 Å². The summed E-state index contributed by atoms with van der Waals surface area (Å²) < 4.78 is 0. The number of hydrogen-bond acceptors (Lipinski definition) is 5. The normalized spacial score (nSPS) is 23.6. The second-order valence-electron chi connectivity index (χ2n) is 2.71. The summed E-state index contributed by atoms with van der Waals surface area (Å²) in [5.41, 5.74) is 0. The zero-order valence-electron chi connectivity index (χ0n) is 7.23. The van der Waals surface area contributed by atoms with E-state index in [0.29, 0.717) is 5.84 Å². The summed E-state index contributed by atoms with van der Waals surface area (Å²) in [6.07, 6.45) is 1.37. The van der Waals surface area contributed by atoms with E-state index < -0.39 is 6.04 Å². The van der Waals surface area contributed by atoms with Crippen molar-refractivity contribution in [2.75, 3.05) is 0 Å². The van der Waals surface area contributed by atoms with Crippen molar-refractivity contribution in [3.8, 4) is 0 Å². The Morgan fingerprint density at radius 1 is 1.57 bits per heavy atom. The molecule has 0 fully saturated rings. The van der Waals surface area contributed by atoms with Gasteiger partial charge in [-0.05, 0) is 0 Å². The van der Waals surface area contributed by atoms with Gasteiger partial charge in [0.25, 0.3) is 0 Å². The standard InChI is InChI=1S/C7H6ClN5O/c1-3(14)11-7-12-5(8)4-6(13-7)10-2-9-4/h2,4H,1H3,(H,9,10,11,13,14). The third-order valence-electron chi connectivity index (χ3n) is 1.60. The molecule has 14 heavy (non-hydrogen) atoms. The monoisotopic (exact) mass is 211 g/mol. The summed E-state index contributed by atoms with van der Waals surface area (Å²) in [5.74, 6) is 0.353. The number of nitrogens with one attached hydrogen (secondary N) is 1. The second kappa shape index (κ2) is 3.30. The van der Waals surface area contributed by atoms with Gasteiger partial charge in [-0.3, -0.25) is 15.1 Å². The van der Waals surface area contributed by atoms with E-state index in [1.165, 1.54) is 13.3 Å². The zero-order chi connectivity index (χ0) is 10.1. The number of halogens is 1. The molecule has 0 spiro atoms. The van der Waals surface area contributed by atoms with Gasteiger partial charge in [-0.2, -0.15) is 4.99 Å². The molecule has 2 aliphatic heterocycles. The van der Waals surface area contributed by atoms with Crippen LogP contribution in [-0.2, 0) is 4.79 Å². The molecule has 0 saturated heterocycles. The number of rotatable bonds is 0. The molecular formula is C7H6ClN5O. The Morgan fingerprint density at radius 2 is 2.36 bits per heavy atom. The van der Waals surface area contributed by atoms with Crippen LogP contribution >= 0.6 is 11.6 Å². The lowest BCUT2D eigenvalue weighted by Gasteiger charge is -2.12. The maximum Gasteiger partial charge on any atom is 0.232 e. The highest BCUT2D eigenvalue weighted by molar-refractivity contribution is 6.70. The van der Waals surface area contributed by atoms with Gasteiger partial charge in [-0.15, -0.1) is 0 Å². The van der Waals surface area contributed by atoms with E-state index in [0.717, 1.165) is 0 Å². The summed E-state index contributed by atoms with van der Waals surface area (Å²) in [6.45, 7) is 1.37. The van der Waals surface area contributed by atoms with Crippen molar-refractivity contribution in [3.63, 3.8) is 0 Å². The maximum atomic E-state index is 10.7. The van der Waals surface area contributed by atoms with Crippen LogP contribution in [0.4, 0.5) is 0 Å². The summed E-state index contributed by atoms with van der Waals surface area (Å²) >= 11 is 5.82. The van der Waals surface area contributed by atoms with Crippen molar-refractivity contribution >= 4 is 40.8 Å². The number of aliphatic imine (C=N–C) groups is 4. The Bertz CT molecular complexity index is 408. The van der Waals surface area contributed by atoms with Crippen molar-refractivity contribution in [2.45, 2.75) is 13.0 Å².